The van der Waals surface area contributed by atoms with Crippen LogP contribution >= 0.6 is 11.3 Å². The first-order valence-corrected chi connectivity index (χ1v) is 6.59. The van der Waals surface area contributed by atoms with E-state index >= 15 is 0 Å². The van der Waals surface area contributed by atoms with Gasteiger partial charge in [0.25, 0.3) is 0 Å². The molecule has 1 aromatic carbocycles. The summed E-state index contributed by atoms with van der Waals surface area (Å²) in [4.78, 5) is 11.1. The summed E-state index contributed by atoms with van der Waals surface area (Å²) in [5, 5.41) is 10.8. The number of nitrogens with two attached hydrogens (primary N) is 1. The van der Waals surface area contributed by atoms with Crippen molar-refractivity contribution in [3.8, 4) is 11.1 Å². The molecule has 0 aliphatic rings. The molecular weight excluding hydrogens is 246 g/mol. The number of carboxylic acid groups (broad SMARTS) is 1. The van der Waals surface area contributed by atoms with Crippen LogP contribution in [0.15, 0.2) is 29.6 Å². The molecule has 1 aromatic heterocycles. The van der Waals surface area contributed by atoms with Crippen molar-refractivity contribution in [1.82, 2.24) is 0 Å². The number of nitrogen functional groups attached to an aromatic ring is 1. The number of anilines is 1. The van der Waals surface area contributed by atoms with E-state index in [1.54, 1.807) is 5.38 Å². The Kier molecular flexibility index (Phi) is 3.39. The zero-order valence-electron chi connectivity index (χ0n) is 10.3. The second kappa shape index (κ2) is 4.82. The molecule has 94 valence electrons. The first kappa shape index (κ1) is 12.6. The van der Waals surface area contributed by atoms with Gasteiger partial charge in [-0.1, -0.05) is 38.1 Å². The van der Waals surface area contributed by atoms with Crippen LogP contribution in [0.3, 0.4) is 0 Å². The van der Waals surface area contributed by atoms with Crippen molar-refractivity contribution in [1.29, 1.82) is 0 Å². The molecule has 0 unspecified atom stereocenters. The first-order valence-electron chi connectivity index (χ1n) is 5.71. The number of carboxylic acids is 1. The molecule has 0 spiro atoms. The molecule has 0 aliphatic heterocycles. The van der Waals surface area contributed by atoms with Crippen molar-refractivity contribution in [2.45, 2.75) is 19.8 Å². The number of rotatable bonds is 3. The first-order chi connectivity index (χ1) is 8.50. The predicted molar refractivity (Wildman–Crippen MR) is 75.2 cm³/mol. The molecule has 0 bridgehead atoms. The van der Waals surface area contributed by atoms with E-state index in [2.05, 4.69) is 26.0 Å². The van der Waals surface area contributed by atoms with Crippen LogP contribution in [-0.2, 0) is 0 Å². The van der Waals surface area contributed by atoms with Gasteiger partial charge in [-0.15, -0.1) is 11.3 Å². The molecule has 0 saturated carbocycles. The standard InChI is InChI=1S/C14H15NO2S/c1-8(2)9-3-5-10(6-4-9)11-7-18-13(12(11)15)14(16)17/h3-8H,15H2,1-2H3,(H,16,17). The van der Waals surface area contributed by atoms with Crippen molar-refractivity contribution in [3.63, 3.8) is 0 Å². The molecule has 4 heteroatoms. The average molecular weight is 261 g/mol. The Morgan fingerprint density at radius 2 is 1.89 bits per heavy atom. The van der Waals surface area contributed by atoms with Crippen LogP contribution in [0.4, 0.5) is 5.69 Å². The Morgan fingerprint density at radius 1 is 1.28 bits per heavy atom. The van der Waals surface area contributed by atoms with Gasteiger partial charge >= 0.3 is 5.97 Å². The van der Waals surface area contributed by atoms with Crippen LogP contribution < -0.4 is 5.73 Å². The van der Waals surface area contributed by atoms with Crippen molar-refractivity contribution in [3.05, 3.63) is 40.1 Å². The van der Waals surface area contributed by atoms with E-state index in [0.29, 0.717) is 11.6 Å². The van der Waals surface area contributed by atoms with Gasteiger partial charge in [-0.25, -0.2) is 4.79 Å². The smallest absolute Gasteiger partial charge is 0.348 e. The van der Waals surface area contributed by atoms with Gasteiger partial charge in [0.1, 0.15) is 4.88 Å². The highest BCUT2D eigenvalue weighted by molar-refractivity contribution is 7.13. The summed E-state index contributed by atoms with van der Waals surface area (Å²) in [6, 6.07) is 8.08. The Morgan fingerprint density at radius 3 is 2.33 bits per heavy atom. The highest BCUT2D eigenvalue weighted by Crippen LogP contribution is 2.34. The molecule has 18 heavy (non-hydrogen) atoms. The number of thiophene rings is 1. The molecule has 0 saturated heterocycles. The van der Waals surface area contributed by atoms with Gasteiger partial charge in [0.2, 0.25) is 0 Å². The van der Waals surface area contributed by atoms with Crippen LogP contribution in [0.2, 0.25) is 0 Å². The zero-order valence-corrected chi connectivity index (χ0v) is 11.1. The van der Waals surface area contributed by atoms with Crippen molar-refractivity contribution in [2.24, 2.45) is 0 Å². The number of hydrogen-bond donors (Lipinski definition) is 2. The molecule has 0 aliphatic carbocycles. The fraction of sp³-hybridized carbons (Fsp3) is 0.214. The van der Waals surface area contributed by atoms with Gasteiger partial charge in [-0.05, 0) is 17.0 Å². The summed E-state index contributed by atoms with van der Waals surface area (Å²) in [7, 11) is 0. The molecule has 0 atom stereocenters. The van der Waals surface area contributed by atoms with Gasteiger partial charge in [0.15, 0.2) is 0 Å². The van der Waals surface area contributed by atoms with Gasteiger partial charge < -0.3 is 10.8 Å². The lowest BCUT2D eigenvalue weighted by Gasteiger charge is -2.06. The molecule has 0 fully saturated rings. The highest BCUT2D eigenvalue weighted by atomic mass is 32.1. The normalized spacial score (nSPS) is 10.8. The number of carbonyl (C=O) groups is 1. The third-order valence-corrected chi connectivity index (χ3v) is 3.90. The minimum Gasteiger partial charge on any atom is -0.477 e. The van der Waals surface area contributed by atoms with E-state index in [1.165, 1.54) is 16.9 Å². The lowest BCUT2D eigenvalue weighted by atomic mass is 9.99. The van der Waals surface area contributed by atoms with E-state index in [-0.39, 0.29) is 4.88 Å². The van der Waals surface area contributed by atoms with Crippen LogP contribution in [0.25, 0.3) is 11.1 Å². The second-order valence-electron chi connectivity index (χ2n) is 4.47. The highest BCUT2D eigenvalue weighted by Gasteiger charge is 2.15. The van der Waals surface area contributed by atoms with Gasteiger partial charge in [0.05, 0.1) is 5.69 Å². The van der Waals surface area contributed by atoms with E-state index in [4.69, 9.17) is 10.8 Å². The third-order valence-electron chi connectivity index (χ3n) is 2.91. The Labute approximate surface area is 110 Å². The lowest BCUT2D eigenvalue weighted by molar-refractivity contribution is 0.0703. The molecule has 0 amide bonds. The summed E-state index contributed by atoms with van der Waals surface area (Å²) in [5.74, 6) is -0.490. The molecule has 0 radical (unpaired) electrons. The topological polar surface area (TPSA) is 63.3 Å². The maximum absolute atomic E-state index is 10.9. The number of benzene rings is 1. The van der Waals surface area contributed by atoms with Crippen LogP contribution in [0.1, 0.15) is 35.0 Å². The van der Waals surface area contributed by atoms with E-state index < -0.39 is 5.97 Å². The summed E-state index contributed by atoms with van der Waals surface area (Å²) in [5.41, 5.74) is 9.23. The maximum Gasteiger partial charge on any atom is 0.348 e. The SMILES string of the molecule is CC(C)c1ccc(-c2csc(C(=O)O)c2N)cc1. The van der Waals surface area contributed by atoms with E-state index in [9.17, 15) is 4.79 Å². The van der Waals surface area contributed by atoms with Gasteiger partial charge in [0, 0.05) is 10.9 Å². The fourth-order valence-electron chi connectivity index (χ4n) is 1.80. The second-order valence-corrected chi connectivity index (χ2v) is 5.35. The molecule has 1 heterocycles. The Balaban J connectivity index is 2.40. The van der Waals surface area contributed by atoms with E-state index in [0.717, 1.165) is 11.1 Å². The fourth-order valence-corrected chi connectivity index (χ4v) is 2.64. The zero-order chi connectivity index (χ0) is 13.3. The van der Waals surface area contributed by atoms with Crippen molar-refractivity contribution >= 4 is 23.0 Å². The lowest BCUT2D eigenvalue weighted by Crippen LogP contribution is -1.98. The van der Waals surface area contributed by atoms with Crippen LogP contribution in [0.5, 0.6) is 0 Å². The summed E-state index contributed by atoms with van der Waals surface area (Å²) in [6.07, 6.45) is 0. The van der Waals surface area contributed by atoms with Crippen LogP contribution in [0, 0.1) is 0 Å². The third kappa shape index (κ3) is 2.24. The summed E-state index contributed by atoms with van der Waals surface area (Å²) < 4.78 is 0. The molecular formula is C14H15NO2S. The van der Waals surface area contributed by atoms with Crippen molar-refractivity contribution < 1.29 is 9.90 Å². The van der Waals surface area contributed by atoms with Crippen LogP contribution in [-0.4, -0.2) is 11.1 Å². The molecule has 2 aromatic rings. The molecule has 3 N–H and O–H groups in total. The summed E-state index contributed by atoms with van der Waals surface area (Å²) in [6.45, 7) is 4.27. The Hall–Kier alpha value is -1.81. The monoisotopic (exact) mass is 261 g/mol. The van der Waals surface area contributed by atoms with Crippen molar-refractivity contribution in [2.75, 3.05) is 5.73 Å². The minimum atomic E-state index is -0.970. The number of aromatic carboxylic acids is 1. The Bertz CT molecular complexity index is 570. The largest absolute Gasteiger partial charge is 0.477 e. The summed E-state index contributed by atoms with van der Waals surface area (Å²) >= 11 is 1.17. The predicted octanol–water partition coefficient (Wildman–Crippen LogP) is 3.82. The quantitative estimate of drug-likeness (QED) is 0.882. The minimum absolute atomic E-state index is 0.206. The molecule has 3 nitrogen and oxygen atoms in total. The van der Waals surface area contributed by atoms with Gasteiger partial charge in [-0.3, -0.25) is 0 Å². The number of hydrogen-bond acceptors (Lipinski definition) is 3. The van der Waals surface area contributed by atoms with E-state index in [1.807, 2.05) is 12.1 Å². The average Bonchev–Trinajstić information content (AvgIpc) is 2.71. The maximum atomic E-state index is 10.9. The molecule has 2 rings (SSSR count). The van der Waals surface area contributed by atoms with Gasteiger partial charge in [-0.2, -0.15) is 0 Å².